The highest BCUT2D eigenvalue weighted by molar-refractivity contribution is 6.29. The lowest BCUT2D eigenvalue weighted by molar-refractivity contribution is 0.0474. The Morgan fingerprint density at radius 3 is 2.73 bits per heavy atom. The lowest BCUT2D eigenvalue weighted by atomic mass is 9.76. The quantitative estimate of drug-likeness (QED) is 0.685. The van der Waals surface area contributed by atoms with Gasteiger partial charge in [-0.05, 0) is 45.2 Å². The van der Waals surface area contributed by atoms with E-state index in [0.717, 1.165) is 24.1 Å². The summed E-state index contributed by atoms with van der Waals surface area (Å²) in [6.07, 6.45) is 3.09. The summed E-state index contributed by atoms with van der Waals surface area (Å²) in [7, 11) is 0. The Kier molecular flexibility index (Phi) is 3.81. The number of amides is 1. The SMILES string of the molecule is CC(C)(C)OC(=O)N1CC2(CCOCC2)c2cc(Cl)ncc21. The normalized spacial score (nSPS) is 20.1. The molecule has 3 heterocycles. The molecule has 0 bridgehead atoms. The van der Waals surface area contributed by atoms with Crippen LogP contribution in [0.1, 0.15) is 39.2 Å². The summed E-state index contributed by atoms with van der Waals surface area (Å²) in [6, 6.07) is 1.88. The van der Waals surface area contributed by atoms with Gasteiger partial charge in [-0.1, -0.05) is 11.6 Å². The fraction of sp³-hybridized carbons (Fsp3) is 0.625. The summed E-state index contributed by atoms with van der Waals surface area (Å²) in [5.41, 5.74) is 1.27. The topological polar surface area (TPSA) is 51.7 Å². The third kappa shape index (κ3) is 2.79. The first-order valence-electron chi connectivity index (χ1n) is 7.55. The van der Waals surface area contributed by atoms with E-state index in [9.17, 15) is 4.79 Å². The lowest BCUT2D eigenvalue weighted by Gasteiger charge is -2.34. The number of carbonyl (C=O) groups is 1. The van der Waals surface area contributed by atoms with E-state index in [1.54, 1.807) is 11.1 Å². The van der Waals surface area contributed by atoms with E-state index in [-0.39, 0.29) is 11.5 Å². The Morgan fingerprint density at radius 1 is 1.41 bits per heavy atom. The van der Waals surface area contributed by atoms with Gasteiger partial charge in [0.15, 0.2) is 0 Å². The number of ether oxygens (including phenoxy) is 2. The molecule has 0 unspecified atom stereocenters. The van der Waals surface area contributed by atoms with E-state index >= 15 is 0 Å². The van der Waals surface area contributed by atoms with Crippen molar-refractivity contribution < 1.29 is 14.3 Å². The molecule has 2 aliphatic rings. The zero-order valence-electron chi connectivity index (χ0n) is 13.2. The average molecular weight is 325 g/mol. The number of carbonyl (C=O) groups excluding carboxylic acids is 1. The molecular formula is C16H21ClN2O3. The van der Waals surface area contributed by atoms with Crippen LogP contribution < -0.4 is 4.90 Å². The van der Waals surface area contributed by atoms with Crippen LogP contribution in [0.5, 0.6) is 0 Å². The minimum Gasteiger partial charge on any atom is -0.443 e. The van der Waals surface area contributed by atoms with Crippen molar-refractivity contribution >= 4 is 23.4 Å². The number of aromatic nitrogens is 1. The van der Waals surface area contributed by atoms with Gasteiger partial charge in [-0.2, -0.15) is 0 Å². The van der Waals surface area contributed by atoms with Crippen molar-refractivity contribution in [3.8, 4) is 0 Å². The van der Waals surface area contributed by atoms with Crippen molar-refractivity contribution in [1.29, 1.82) is 0 Å². The second kappa shape index (κ2) is 5.39. The fourth-order valence-electron chi connectivity index (χ4n) is 3.21. The van der Waals surface area contributed by atoms with Gasteiger partial charge in [-0.25, -0.2) is 9.78 Å². The van der Waals surface area contributed by atoms with E-state index in [2.05, 4.69) is 4.98 Å². The summed E-state index contributed by atoms with van der Waals surface area (Å²) in [5, 5.41) is 0.454. The minimum absolute atomic E-state index is 0.100. The third-order valence-corrected chi connectivity index (χ3v) is 4.44. The Bertz CT molecular complexity index is 592. The first-order valence-corrected chi connectivity index (χ1v) is 7.93. The predicted octanol–water partition coefficient (Wildman–Crippen LogP) is 3.54. The molecular weight excluding hydrogens is 304 g/mol. The number of anilines is 1. The molecule has 22 heavy (non-hydrogen) atoms. The molecule has 5 nitrogen and oxygen atoms in total. The number of fused-ring (bicyclic) bond motifs is 2. The minimum atomic E-state index is -0.525. The highest BCUT2D eigenvalue weighted by atomic mass is 35.5. The number of halogens is 1. The number of hydrogen-bond acceptors (Lipinski definition) is 4. The Labute approximate surface area is 135 Å². The van der Waals surface area contributed by atoms with Gasteiger partial charge in [-0.3, -0.25) is 4.90 Å². The standard InChI is InChI=1S/C16H21ClN2O3/c1-15(2,3)22-14(20)19-10-16(4-6-21-7-5-16)11-8-13(17)18-9-12(11)19/h8-9H,4-7,10H2,1-3H3. The van der Waals surface area contributed by atoms with E-state index < -0.39 is 5.60 Å². The largest absolute Gasteiger partial charge is 0.443 e. The molecule has 0 atom stereocenters. The van der Waals surface area contributed by atoms with Gasteiger partial charge in [0.2, 0.25) is 0 Å². The lowest BCUT2D eigenvalue weighted by Crippen LogP contribution is -2.42. The van der Waals surface area contributed by atoms with E-state index in [1.807, 2.05) is 26.8 Å². The maximum Gasteiger partial charge on any atom is 0.414 e. The first-order chi connectivity index (χ1) is 10.3. The van der Waals surface area contributed by atoms with Crippen LogP contribution in [0.2, 0.25) is 5.15 Å². The molecule has 0 saturated carbocycles. The van der Waals surface area contributed by atoms with Gasteiger partial charge >= 0.3 is 6.09 Å². The van der Waals surface area contributed by atoms with Gasteiger partial charge in [-0.15, -0.1) is 0 Å². The van der Waals surface area contributed by atoms with Gasteiger partial charge in [0.05, 0.1) is 11.9 Å². The first kappa shape index (κ1) is 15.6. The molecule has 1 aromatic heterocycles. The predicted molar refractivity (Wildman–Crippen MR) is 84.6 cm³/mol. The molecule has 0 radical (unpaired) electrons. The molecule has 1 spiro atoms. The van der Waals surface area contributed by atoms with Gasteiger partial charge in [0.1, 0.15) is 10.8 Å². The van der Waals surface area contributed by atoms with Gasteiger partial charge in [0, 0.05) is 25.2 Å². The van der Waals surface area contributed by atoms with Crippen LogP contribution in [0.4, 0.5) is 10.5 Å². The van der Waals surface area contributed by atoms with Gasteiger partial charge in [0.25, 0.3) is 0 Å². The van der Waals surface area contributed by atoms with E-state index in [0.29, 0.717) is 24.9 Å². The smallest absolute Gasteiger partial charge is 0.414 e. The second-order valence-corrected chi connectivity index (χ2v) is 7.37. The van der Waals surface area contributed by atoms with Crippen LogP contribution in [0.3, 0.4) is 0 Å². The molecule has 1 fully saturated rings. The van der Waals surface area contributed by atoms with Crippen LogP contribution >= 0.6 is 11.6 Å². The number of rotatable bonds is 0. The van der Waals surface area contributed by atoms with E-state index in [1.165, 1.54) is 0 Å². The molecule has 3 rings (SSSR count). The highest BCUT2D eigenvalue weighted by Crippen LogP contribution is 2.47. The maximum absolute atomic E-state index is 12.5. The van der Waals surface area contributed by atoms with Crippen molar-refractivity contribution in [3.63, 3.8) is 0 Å². The van der Waals surface area contributed by atoms with Crippen LogP contribution in [-0.4, -0.2) is 36.4 Å². The molecule has 1 aromatic rings. The highest BCUT2D eigenvalue weighted by Gasteiger charge is 2.47. The van der Waals surface area contributed by atoms with E-state index in [4.69, 9.17) is 21.1 Å². The van der Waals surface area contributed by atoms with Crippen molar-refractivity contribution in [3.05, 3.63) is 23.0 Å². The molecule has 2 aliphatic heterocycles. The van der Waals surface area contributed by atoms with Gasteiger partial charge < -0.3 is 9.47 Å². The summed E-state index contributed by atoms with van der Waals surface area (Å²) >= 11 is 6.08. The van der Waals surface area contributed by atoms with Crippen LogP contribution in [0.15, 0.2) is 12.3 Å². The molecule has 120 valence electrons. The van der Waals surface area contributed by atoms with Crippen molar-refractivity contribution in [2.75, 3.05) is 24.7 Å². The Morgan fingerprint density at radius 2 is 2.09 bits per heavy atom. The molecule has 1 amide bonds. The molecule has 1 saturated heterocycles. The summed E-state index contributed by atoms with van der Waals surface area (Å²) in [4.78, 5) is 18.4. The Hall–Kier alpha value is -1.33. The van der Waals surface area contributed by atoms with Crippen LogP contribution in [0, 0.1) is 0 Å². The van der Waals surface area contributed by atoms with Crippen molar-refractivity contribution in [2.45, 2.75) is 44.6 Å². The zero-order chi connectivity index (χ0) is 16.0. The zero-order valence-corrected chi connectivity index (χ0v) is 13.9. The molecule has 0 aliphatic carbocycles. The average Bonchev–Trinajstić information content (AvgIpc) is 2.72. The fourth-order valence-corrected chi connectivity index (χ4v) is 3.36. The Balaban J connectivity index is 1.97. The summed E-state index contributed by atoms with van der Waals surface area (Å²) < 4.78 is 11.0. The molecule has 0 aromatic carbocycles. The summed E-state index contributed by atoms with van der Waals surface area (Å²) in [6.45, 7) is 7.59. The second-order valence-electron chi connectivity index (χ2n) is 6.98. The van der Waals surface area contributed by atoms with Crippen LogP contribution in [-0.2, 0) is 14.9 Å². The third-order valence-electron chi connectivity index (χ3n) is 4.24. The monoisotopic (exact) mass is 324 g/mol. The van der Waals surface area contributed by atoms with Crippen molar-refractivity contribution in [2.24, 2.45) is 0 Å². The number of hydrogen-bond donors (Lipinski definition) is 0. The maximum atomic E-state index is 12.5. The summed E-state index contributed by atoms with van der Waals surface area (Å²) in [5.74, 6) is 0. The van der Waals surface area contributed by atoms with Crippen LogP contribution in [0.25, 0.3) is 0 Å². The number of nitrogens with zero attached hydrogens (tertiary/aromatic N) is 2. The van der Waals surface area contributed by atoms with Crippen molar-refractivity contribution in [1.82, 2.24) is 4.98 Å². The number of pyridine rings is 1. The molecule has 6 heteroatoms. The molecule has 0 N–H and O–H groups in total.